The van der Waals surface area contributed by atoms with Gasteiger partial charge < -0.3 is 23.9 Å². The number of hydrogen-bond acceptors (Lipinski definition) is 6. The Labute approximate surface area is 148 Å². The van der Waals surface area contributed by atoms with Gasteiger partial charge >= 0.3 is 6.09 Å². The Balaban J connectivity index is 1.85. The molecule has 3 aromatic rings. The number of amides is 1. The lowest BCUT2D eigenvalue weighted by molar-refractivity contribution is 0.0284. The van der Waals surface area contributed by atoms with Gasteiger partial charge in [-0.05, 0) is 19.1 Å². The van der Waals surface area contributed by atoms with Crippen LogP contribution in [0.5, 0.6) is 5.75 Å². The van der Waals surface area contributed by atoms with Crippen LogP contribution in [0.2, 0.25) is 0 Å². The summed E-state index contributed by atoms with van der Waals surface area (Å²) in [6, 6.07) is 6.16. The number of morpholine rings is 1. The summed E-state index contributed by atoms with van der Waals surface area (Å²) in [5, 5.41) is 10.4. The molecule has 0 radical (unpaired) electrons. The van der Waals surface area contributed by atoms with E-state index in [0.29, 0.717) is 48.3 Å². The van der Waals surface area contributed by atoms with Crippen LogP contribution in [0.3, 0.4) is 0 Å². The van der Waals surface area contributed by atoms with E-state index in [0.717, 1.165) is 0 Å². The highest BCUT2D eigenvalue weighted by atomic mass is 16.5. The monoisotopic (exact) mass is 358 g/mol. The van der Waals surface area contributed by atoms with Crippen LogP contribution in [-0.2, 0) is 9.47 Å². The average Bonchev–Trinajstić information content (AvgIpc) is 3.18. The number of aromatic hydroxyl groups is 1. The van der Waals surface area contributed by atoms with Crippen molar-refractivity contribution in [3.05, 3.63) is 30.0 Å². The fourth-order valence-electron chi connectivity index (χ4n) is 3.18. The van der Waals surface area contributed by atoms with E-state index in [2.05, 4.69) is 0 Å². The van der Waals surface area contributed by atoms with Crippen LogP contribution >= 0.6 is 0 Å². The van der Waals surface area contributed by atoms with E-state index >= 15 is 0 Å². The van der Waals surface area contributed by atoms with Crippen molar-refractivity contribution < 1.29 is 28.6 Å². The van der Waals surface area contributed by atoms with Gasteiger partial charge in [0, 0.05) is 30.6 Å². The van der Waals surface area contributed by atoms with Gasteiger partial charge in [-0.25, -0.2) is 9.36 Å². The van der Waals surface area contributed by atoms with E-state index in [9.17, 15) is 14.7 Å². The molecule has 8 nitrogen and oxygen atoms in total. The summed E-state index contributed by atoms with van der Waals surface area (Å²) in [6.07, 6.45) is -0.593. The zero-order chi connectivity index (χ0) is 18.3. The highest BCUT2D eigenvalue weighted by molar-refractivity contribution is 6.12. The molecule has 0 unspecified atom stereocenters. The van der Waals surface area contributed by atoms with Crippen LogP contribution in [-0.4, -0.2) is 59.5 Å². The molecule has 8 heteroatoms. The molecular formula is C18H18N2O6. The van der Waals surface area contributed by atoms with Crippen LogP contribution in [0.15, 0.2) is 28.7 Å². The number of phenols is 1. The van der Waals surface area contributed by atoms with E-state index in [1.54, 1.807) is 24.0 Å². The second-order valence-corrected chi connectivity index (χ2v) is 5.97. The van der Waals surface area contributed by atoms with Gasteiger partial charge in [0.2, 0.25) is 0 Å². The first kappa shape index (κ1) is 16.5. The third-order valence-electron chi connectivity index (χ3n) is 4.38. The molecule has 1 amide bonds. The maximum Gasteiger partial charge on any atom is 0.419 e. The molecule has 3 heterocycles. The Morgan fingerprint density at radius 1 is 1.19 bits per heavy atom. The molecular weight excluding hydrogens is 340 g/mol. The maximum atomic E-state index is 12.7. The van der Waals surface area contributed by atoms with Crippen molar-refractivity contribution in [1.29, 1.82) is 0 Å². The summed E-state index contributed by atoms with van der Waals surface area (Å²) in [5.74, 6) is -0.0652. The minimum atomic E-state index is -0.593. The number of carbonyl (C=O) groups excluding carboxylic acids is 2. The molecule has 0 atom stereocenters. The van der Waals surface area contributed by atoms with Gasteiger partial charge in [0.25, 0.3) is 5.91 Å². The van der Waals surface area contributed by atoms with Gasteiger partial charge in [-0.1, -0.05) is 0 Å². The first-order valence-corrected chi connectivity index (χ1v) is 8.41. The molecule has 4 rings (SSSR count). The van der Waals surface area contributed by atoms with Crippen molar-refractivity contribution in [2.75, 3.05) is 32.9 Å². The Hall–Kier alpha value is -3.00. The number of hydrogen-bond donors (Lipinski definition) is 1. The van der Waals surface area contributed by atoms with Gasteiger partial charge in [0.15, 0.2) is 11.3 Å². The smallest absolute Gasteiger partial charge is 0.419 e. The zero-order valence-electron chi connectivity index (χ0n) is 14.2. The van der Waals surface area contributed by atoms with E-state index in [1.165, 1.54) is 16.7 Å². The van der Waals surface area contributed by atoms with E-state index in [-0.39, 0.29) is 24.0 Å². The van der Waals surface area contributed by atoms with E-state index < -0.39 is 6.09 Å². The van der Waals surface area contributed by atoms with Gasteiger partial charge in [-0.15, -0.1) is 0 Å². The first-order valence-electron chi connectivity index (χ1n) is 8.41. The molecule has 0 saturated carbocycles. The summed E-state index contributed by atoms with van der Waals surface area (Å²) in [4.78, 5) is 26.8. The van der Waals surface area contributed by atoms with Crippen molar-refractivity contribution in [2.24, 2.45) is 0 Å². The minimum absolute atomic E-state index is 0.0211. The zero-order valence-corrected chi connectivity index (χ0v) is 14.2. The first-order chi connectivity index (χ1) is 12.6. The Morgan fingerprint density at radius 2 is 1.96 bits per heavy atom. The number of benzene rings is 1. The second-order valence-electron chi connectivity index (χ2n) is 5.97. The molecule has 2 aromatic heterocycles. The number of furan rings is 1. The molecule has 1 aliphatic rings. The van der Waals surface area contributed by atoms with Crippen LogP contribution in [0.1, 0.15) is 17.5 Å². The van der Waals surface area contributed by atoms with Crippen LogP contribution in [0, 0.1) is 0 Å². The van der Waals surface area contributed by atoms with Gasteiger partial charge in [0.1, 0.15) is 5.75 Å². The standard InChI is InChI=1S/C18H18N2O6/c1-2-25-18(23)20-13-9-11(21)3-4-12(13)16-14(20)10-15(26-16)17(22)19-5-7-24-8-6-19/h3-4,9-10,21H,2,5-8H2,1H3. The topological polar surface area (TPSA) is 94.1 Å². The van der Waals surface area contributed by atoms with Crippen molar-refractivity contribution in [3.8, 4) is 5.75 Å². The predicted molar refractivity (Wildman–Crippen MR) is 92.5 cm³/mol. The molecule has 1 saturated heterocycles. The summed E-state index contributed by atoms with van der Waals surface area (Å²) in [6.45, 7) is 3.89. The number of fused-ring (bicyclic) bond motifs is 3. The fourth-order valence-corrected chi connectivity index (χ4v) is 3.18. The highest BCUT2D eigenvalue weighted by Crippen LogP contribution is 2.34. The predicted octanol–water partition coefficient (Wildman–Crippen LogP) is 2.57. The van der Waals surface area contributed by atoms with Gasteiger partial charge in [-0.2, -0.15) is 0 Å². The summed E-state index contributed by atoms with van der Waals surface area (Å²) < 4.78 is 17.5. The summed E-state index contributed by atoms with van der Waals surface area (Å²) in [5.41, 5.74) is 1.30. The molecule has 0 bridgehead atoms. The third-order valence-corrected chi connectivity index (χ3v) is 4.38. The molecule has 1 aliphatic heterocycles. The normalized spacial score (nSPS) is 14.9. The molecule has 0 spiro atoms. The third kappa shape index (κ3) is 2.59. The number of phenolic OH excluding ortho intramolecular Hbond substituents is 1. The number of carbonyl (C=O) groups is 2. The summed E-state index contributed by atoms with van der Waals surface area (Å²) in [7, 11) is 0. The lowest BCUT2D eigenvalue weighted by Crippen LogP contribution is -2.40. The maximum absolute atomic E-state index is 12.7. The van der Waals surface area contributed by atoms with Crippen molar-refractivity contribution in [3.63, 3.8) is 0 Å². The van der Waals surface area contributed by atoms with Crippen LogP contribution < -0.4 is 0 Å². The van der Waals surface area contributed by atoms with Crippen LogP contribution in [0.4, 0.5) is 4.79 Å². The Bertz CT molecular complexity index is 996. The minimum Gasteiger partial charge on any atom is -0.508 e. The number of nitrogens with zero attached hydrogens (tertiary/aromatic N) is 2. The number of rotatable bonds is 2. The molecule has 1 fully saturated rings. The fraction of sp³-hybridized carbons (Fsp3) is 0.333. The van der Waals surface area contributed by atoms with Crippen molar-refractivity contribution >= 4 is 34.0 Å². The van der Waals surface area contributed by atoms with E-state index in [1.807, 2.05) is 0 Å². The van der Waals surface area contributed by atoms with Gasteiger partial charge in [-0.3, -0.25) is 4.79 Å². The molecule has 0 aliphatic carbocycles. The number of ether oxygens (including phenoxy) is 2. The van der Waals surface area contributed by atoms with Crippen molar-refractivity contribution in [1.82, 2.24) is 9.47 Å². The quantitative estimate of drug-likeness (QED) is 0.757. The summed E-state index contributed by atoms with van der Waals surface area (Å²) >= 11 is 0. The van der Waals surface area contributed by atoms with Crippen LogP contribution in [0.25, 0.3) is 22.0 Å². The van der Waals surface area contributed by atoms with Crippen molar-refractivity contribution in [2.45, 2.75) is 6.92 Å². The lowest BCUT2D eigenvalue weighted by atomic mass is 10.2. The molecule has 1 aromatic carbocycles. The Kier molecular flexibility index (Phi) is 4.04. The molecule has 26 heavy (non-hydrogen) atoms. The van der Waals surface area contributed by atoms with Gasteiger partial charge in [0.05, 0.1) is 30.9 Å². The SMILES string of the molecule is CCOC(=O)n1c2cc(O)ccc2c2oc(C(=O)N3CCOCC3)cc21. The highest BCUT2D eigenvalue weighted by Gasteiger charge is 2.26. The largest absolute Gasteiger partial charge is 0.508 e. The molecule has 136 valence electrons. The second kappa shape index (κ2) is 6.38. The molecule has 1 N–H and O–H groups in total. The Morgan fingerprint density at radius 3 is 2.69 bits per heavy atom. The number of aromatic nitrogens is 1. The lowest BCUT2D eigenvalue weighted by Gasteiger charge is -2.25. The van der Waals surface area contributed by atoms with E-state index in [4.69, 9.17) is 13.9 Å². The average molecular weight is 358 g/mol.